The van der Waals surface area contributed by atoms with Crippen molar-refractivity contribution in [2.45, 2.75) is 6.61 Å². The number of methoxy groups -OCH3 is 1. The van der Waals surface area contributed by atoms with Crippen LogP contribution in [0.2, 0.25) is 0 Å². The maximum absolute atomic E-state index is 12.1. The van der Waals surface area contributed by atoms with Gasteiger partial charge < -0.3 is 14.6 Å². The molecule has 3 rings (SSSR count). The van der Waals surface area contributed by atoms with E-state index in [1.165, 1.54) is 47.1 Å². The Hall–Kier alpha value is -2.87. The summed E-state index contributed by atoms with van der Waals surface area (Å²) in [6.07, 6.45) is 1.62. The van der Waals surface area contributed by atoms with Crippen molar-refractivity contribution in [1.82, 2.24) is 9.38 Å². The standard InChI is InChI=1S/C15H12N2O5S/c1-21-10-2-3-12(18)11(7-10)14(20)22-8-9-6-13(19)17-4-5-23-15(17)16-9/h2-7,18H,8H2,1H3. The molecule has 8 heteroatoms. The molecule has 0 aliphatic heterocycles. The molecule has 23 heavy (non-hydrogen) atoms. The second-order valence-electron chi connectivity index (χ2n) is 4.60. The predicted molar refractivity (Wildman–Crippen MR) is 83.1 cm³/mol. The number of phenolic OH excluding ortho intramolecular Hbond substituents is 1. The molecule has 0 bridgehead atoms. The Bertz CT molecular complexity index is 931. The highest BCUT2D eigenvalue weighted by atomic mass is 32.1. The first-order valence-electron chi connectivity index (χ1n) is 6.58. The summed E-state index contributed by atoms with van der Waals surface area (Å²) < 4.78 is 11.5. The fourth-order valence-electron chi connectivity index (χ4n) is 1.98. The van der Waals surface area contributed by atoms with Gasteiger partial charge in [0, 0.05) is 17.6 Å². The van der Waals surface area contributed by atoms with Gasteiger partial charge in [-0.2, -0.15) is 0 Å². The van der Waals surface area contributed by atoms with E-state index in [0.717, 1.165) is 0 Å². The van der Waals surface area contributed by atoms with E-state index < -0.39 is 5.97 Å². The molecule has 0 saturated heterocycles. The van der Waals surface area contributed by atoms with Gasteiger partial charge in [0.15, 0.2) is 4.96 Å². The summed E-state index contributed by atoms with van der Waals surface area (Å²) in [7, 11) is 1.45. The van der Waals surface area contributed by atoms with E-state index in [-0.39, 0.29) is 23.5 Å². The molecular formula is C15H12N2O5S. The summed E-state index contributed by atoms with van der Waals surface area (Å²) in [5.41, 5.74) is 0.0815. The van der Waals surface area contributed by atoms with Crippen LogP contribution in [0.25, 0.3) is 4.96 Å². The third-order valence-corrected chi connectivity index (χ3v) is 3.89. The Morgan fingerprint density at radius 1 is 1.39 bits per heavy atom. The van der Waals surface area contributed by atoms with Gasteiger partial charge in [-0.25, -0.2) is 9.78 Å². The van der Waals surface area contributed by atoms with Crippen LogP contribution in [0.1, 0.15) is 16.1 Å². The smallest absolute Gasteiger partial charge is 0.342 e. The van der Waals surface area contributed by atoms with E-state index >= 15 is 0 Å². The third-order valence-electron chi connectivity index (χ3n) is 3.13. The molecule has 0 aliphatic carbocycles. The number of thiazole rings is 1. The van der Waals surface area contributed by atoms with Crippen molar-refractivity contribution in [2.24, 2.45) is 0 Å². The summed E-state index contributed by atoms with van der Waals surface area (Å²) in [6.45, 7) is -0.168. The maximum Gasteiger partial charge on any atom is 0.342 e. The van der Waals surface area contributed by atoms with E-state index in [2.05, 4.69) is 4.98 Å². The molecule has 0 unspecified atom stereocenters. The lowest BCUT2D eigenvalue weighted by Crippen LogP contribution is -2.14. The molecule has 7 nitrogen and oxygen atoms in total. The molecule has 1 aromatic carbocycles. The van der Waals surface area contributed by atoms with Gasteiger partial charge in [0.2, 0.25) is 0 Å². The van der Waals surface area contributed by atoms with E-state index in [1.54, 1.807) is 11.6 Å². The topological polar surface area (TPSA) is 90.1 Å². The number of ether oxygens (including phenoxy) is 2. The molecule has 2 heterocycles. The zero-order valence-corrected chi connectivity index (χ0v) is 12.9. The first kappa shape index (κ1) is 15.0. The van der Waals surface area contributed by atoms with Crippen LogP contribution in [0, 0.1) is 0 Å². The number of aromatic nitrogens is 2. The zero-order chi connectivity index (χ0) is 16.4. The van der Waals surface area contributed by atoms with Gasteiger partial charge in [-0.15, -0.1) is 11.3 Å². The number of aromatic hydroxyl groups is 1. The van der Waals surface area contributed by atoms with Crippen LogP contribution in [0.15, 0.2) is 40.6 Å². The van der Waals surface area contributed by atoms with Gasteiger partial charge in [-0.05, 0) is 18.2 Å². The van der Waals surface area contributed by atoms with Crippen molar-refractivity contribution in [3.63, 3.8) is 0 Å². The SMILES string of the molecule is COc1ccc(O)c(C(=O)OCc2cc(=O)n3ccsc3n2)c1. The Morgan fingerprint density at radius 3 is 3.00 bits per heavy atom. The average Bonchev–Trinajstić information content (AvgIpc) is 3.02. The third kappa shape index (κ3) is 3.02. The second kappa shape index (κ2) is 6.09. The minimum absolute atomic E-state index is 0.0155. The van der Waals surface area contributed by atoms with E-state index in [4.69, 9.17) is 9.47 Å². The Balaban J connectivity index is 1.79. The van der Waals surface area contributed by atoms with Crippen molar-refractivity contribution in [2.75, 3.05) is 7.11 Å². The molecule has 3 aromatic rings. The molecule has 0 aliphatic rings. The van der Waals surface area contributed by atoms with E-state index in [0.29, 0.717) is 16.4 Å². The number of phenols is 1. The minimum atomic E-state index is -0.727. The molecule has 118 valence electrons. The molecule has 0 spiro atoms. The van der Waals surface area contributed by atoms with Gasteiger partial charge in [0.05, 0.1) is 12.8 Å². The lowest BCUT2D eigenvalue weighted by atomic mass is 10.2. The predicted octanol–water partition coefficient (Wildman–Crippen LogP) is 1.83. The van der Waals surface area contributed by atoms with E-state index in [9.17, 15) is 14.7 Å². The molecule has 1 N–H and O–H groups in total. The van der Waals surface area contributed by atoms with Crippen LogP contribution >= 0.6 is 11.3 Å². The monoisotopic (exact) mass is 332 g/mol. The fourth-order valence-corrected chi connectivity index (χ4v) is 2.72. The summed E-state index contributed by atoms with van der Waals surface area (Å²) in [5, 5.41) is 11.5. The zero-order valence-electron chi connectivity index (χ0n) is 12.1. The normalized spacial score (nSPS) is 10.7. The average molecular weight is 332 g/mol. The van der Waals surface area contributed by atoms with Crippen LogP contribution in [0.4, 0.5) is 0 Å². The number of nitrogens with zero attached hydrogens (tertiary/aromatic N) is 2. The van der Waals surface area contributed by atoms with Crippen molar-refractivity contribution in [1.29, 1.82) is 0 Å². The Labute approximate surface area is 134 Å². The highest BCUT2D eigenvalue weighted by molar-refractivity contribution is 7.15. The molecule has 0 amide bonds. The maximum atomic E-state index is 12.1. The Kier molecular flexibility index (Phi) is 3.98. The molecule has 0 radical (unpaired) electrons. The largest absolute Gasteiger partial charge is 0.507 e. The van der Waals surface area contributed by atoms with Gasteiger partial charge in [0.25, 0.3) is 5.56 Å². The number of carbonyl (C=O) groups is 1. The number of benzene rings is 1. The first-order valence-corrected chi connectivity index (χ1v) is 7.46. The number of rotatable bonds is 4. The molecule has 0 saturated carbocycles. The summed E-state index contributed by atoms with van der Waals surface area (Å²) >= 11 is 1.31. The summed E-state index contributed by atoms with van der Waals surface area (Å²) in [6, 6.07) is 5.55. The number of carbonyl (C=O) groups excluding carboxylic acids is 1. The lowest BCUT2D eigenvalue weighted by molar-refractivity contribution is 0.0464. The lowest BCUT2D eigenvalue weighted by Gasteiger charge is -2.07. The fraction of sp³-hybridized carbons (Fsp3) is 0.133. The van der Waals surface area contributed by atoms with Crippen LogP contribution < -0.4 is 10.3 Å². The first-order chi connectivity index (χ1) is 11.1. The van der Waals surface area contributed by atoms with Gasteiger partial charge in [-0.1, -0.05) is 0 Å². The molecule has 2 aromatic heterocycles. The number of hydrogen-bond acceptors (Lipinski definition) is 7. The number of hydrogen-bond donors (Lipinski definition) is 1. The van der Waals surface area contributed by atoms with Gasteiger partial charge in [0.1, 0.15) is 23.7 Å². The molecular weight excluding hydrogens is 320 g/mol. The number of fused-ring (bicyclic) bond motifs is 1. The van der Waals surface area contributed by atoms with Crippen molar-refractivity contribution < 1.29 is 19.4 Å². The Morgan fingerprint density at radius 2 is 2.22 bits per heavy atom. The minimum Gasteiger partial charge on any atom is -0.507 e. The summed E-state index contributed by atoms with van der Waals surface area (Å²) in [5.74, 6) is -0.516. The quantitative estimate of drug-likeness (QED) is 0.733. The van der Waals surface area contributed by atoms with Crippen LogP contribution in [-0.2, 0) is 11.3 Å². The van der Waals surface area contributed by atoms with Crippen LogP contribution in [0.5, 0.6) is 11.5 Å². The second-order valence-corrected chi connectivity index (χ2v) is 5.47. The highest BCUT2D eigenvalue weighted by Gasteiger charge is 2.15. The van der Waals surface area contributed by atoms with Crippen molar-refractivity contribution >= 4 is 22.3 Å². The van der Waals surface area contributed by atoms with Crippen molar-refractivity contribution in [3.05, 3.63) is 57.5 Å². The van der Waals surface area contributed by atoms with Crippen molar-refractivity contribution in [3.8, 4) is 11.5 Å². The highest BCUT2D eigenvalue weighted by Crippen LogP contribution is 2.23. The molecule has 0 atom stereocenters. The van der Waals surface area contributed by atoms with Crippen LogP contribution in [-0.4, -0.2) is 27.6 Å². The van der Waals surface area contributed by atoms with Gasteiger partial charge in [-0.3, -0.25) is 9.20 Å². The molecule has 0 fully saturated rings. The van der Waals surface area contributed by atoms with E-state index in [1.807, 2.05) is 0 Å². The number of esters is 1. The van der Waals surface area contributed by atoms with Gasteiger partial charge >= 0.3 is 5.97 Å². The van der Waals surface area contributed by atoms with Crippen LogP contribution in [0.3, 0.4) is 0 Å². The summed E-state index contributed by atoms with van der Waals surface area (Å²) in [4.78, 5) is 28.7.